The van der Waals surface area contributed by atoms with Gasteiger partial charge in [0, 0.05) is 19.0 Å². The molecule has 1 aliphatic heterocycles. The number of likely N-dealkylation sites (N-methyl/N-ethyl adjacent to an activating group) is 1. The molecule has 0 bridgehead atoms. The van der Waals surface area contributed by atoms with Crippen LogP contribution in [0.3, 0.4) is 0 Å². The summed E-state index contributed by atoms with van der Waals surface area (Å²) in [5.74, 6) is 1.18. The van der Waals surface area contributed by atoms with Crippen molar-refractivity contribution in [1.29, 1.82) is 0 Å². The van der Waals surface area contributed by atoms with Gasteiger partial charge >= 0.3 is 5.69 Å². The number of H-pyrrole nitrogens is 2. The van der Waals surface area contributed by atoms with Crippen molar-refractivity contribution in [1.82, 2.24) is 20.1 Å². The number of nitrogens with zero attached hydrogens (tertiary/aromatic N) is 2. The lowest BCUT2D eigenvalue weighted by Crippen LogP contribution is -2.51. The molecule has 1 aromatic carbocycles. The summed E-state index contributed by atoms with van der Waals surface area (Å²) in [5.41, 5.74) is 1.95. The molecule has 0 fully saturated rings. The molecular weight excluding hydrogens is 336 g/mol. The van der Waals surface area contributed by atoms with Gasteiger partial charge in [0.2, 0.25) is 0 Å². The SMILES string of the molecule is Cc1c(C)c2c(c(C)c1O)CCC(C)(C(=O)N(C)Cc1n[nH]c(=O)[nH]1)O2. The van der Waals surface area contributed by atoms with Crippen molar-refractivity contribution in [2.75, 3.05) is 7.05 Å². The van der Waals surface area contributed by atoms with E-state index in [2.05, 4.69) is 15.2 Å². The summed E-state index contributed by atoms with van der Waals surface area (Å²) in [6.07, 6.45) is 1.15. The number of phenolic OH excluding ortho intramolecular Hbond substituents is 1. The Morgan fingerprint density at radius 1 is 1.31 bits per heavy atom. The molecule has 1 amide bonds. The van der Waals surface area contributed by atoms with Crippen LogP contribution in [0.15, 0.2) is 4.79 Å². The summed E-state index contributed by atoms with van der Waals surface area (Å²) in [7, 11) is 1.65. The minimum atomic E-state index is -1.01. The molecule has 2 aromatic rings. The van der Waals surface area contributed by atoms with Crippen LogP contribution in [0.2, 0.25) is 0 Å². The molecule has 0 saturated heterocycles. The zero-order valence-corrected chi connectivity index (χ0v) is 15.7. The molecule has 2 heterocycles. The molecule has 26 heavy (non-hydrogen) atoms. The summed E-state index contributed by atoms with van der Waals surface area (Å²) >= 11 is 0. The van der Waals surface area contributed by atoms with E-state index in [1.807, 2.05) is 20.8 Å². The second-order valence-electron chi connectivity index (χ2n) is 7.15. The smallest absolute Gasteiger partial charge is 0.340 e. The van der Waals surface area contributed by atoms with E-state index in [0.29, 0.717) is 30.2 Å². The number of carbonyl (C=O) groups is 1. The first-order valence-electron chi connectivity index (χ1n) is 8.54. The van der Waals surface area contributed by atoms with Crippen molar-refractivity contribution < 1.29 is 14.6 Å². The van der Waals surface area contributed by atoms with Crippen molar-refractivity contribution in [3.05, 3.63) is 38.6 Å². The predicted molar refractivity (Wildman–Crippen MR) is 95.4 cm³/mol. The summed E-state index contributed by atoms with van der Waals surface area (Å²) in [6, 6.07) is 0. The van der Waals surface area contributed by atoms with Gasteiger partial charge in [-0.2, -0.15) is 5.10 Å². The number of fused-ring (bicyclic) bond motifs is 1. The van der Waals surface area contributed by atoms with Crippen LogP contribution in [0.4, 0.5) is 0 Å². The minimum Gasteiger partial charge on any atom is -0.507 e. The van der Waals surface area contributed by atoms with E-state index in [1.165, 1.54) is 4.90 Å². The quantitative estimate of drug-likeness (QED) is 0.767. The predicted octanol–water partition coefficient (Wildman–Crippen LogP) is 1.47. The lowest BCUT2D eigenvalue weighted by atomic mass is 9.86. The molecule has 0 aliphatic carbocycles. The molecule has 3 N–H and O–H groups in total. The molecule has 1 aromatic heterocycles. The lowest BCUT2D eigenvalue weighted by molar-refractivity contribution is -0.147. The van der Waals surface area contributed by atoms with Gasteiger partial charge in [-0.1, -0.05) is 0 Å². The Bertz CT molecular complexity index is 930. The number of hydrogen-bond donors (Lipinski definition) is 3. The standard InChI is InChI=1S/C18H24N4O4/c1-9-10(2)15-12(11(3)14(9)23)6-7-18(4,26-15)16(24)22(5)8-13-19-17(25)21-20-13/h23H,6-8H2,1-5H3,(H2,19,20,21,25). The Kier molecular flexibility index (Phi) is 4.29. The molecular formula is C18H24N4O4. The second-order valence-corrected chi connectivity index (χ2v) is 7.15. The fourth-order valence-corrected chi connectivity index (χ4v) is 3.48. The highest BCUT2D eigenvalue weighted by atomic mass is 16.5. The maximum absolute atomic E-state index is 13.0. The maximum atomic E-state index is 13.0. The number of amides is 1. The second kappa shape index (κ2) is 6.19. The number of carbonyl (C=O) groups excluding carboxylic acids is 1. The molecule has 3 rings (SSSR count). The van der Waals surface area contributed by atoms with Crippen molar-refractivity contribution in [2.24, 2.45) is 0 Å². The zero-order valence-electron chi connectivity index (χ0n) is 15.7. The van der Waals surface area contributed by atoms with E-state index < -0.39 is 11.3 Å². The third-order valence-electron chi connectivity index (χ3n) is 5.26. The number of phenols is 1. The Hall–Kier alpha value is -2.77. The minimum absolute atomic E-state index is 0.177. The van der Waals surface area contributed by atoms with Gasteiger partial charge in [0.1, 0.15) is 11.5 Å². The number of aromatic amines is 2. The molecule has 8 heteroatoms. The Labute approximate surface area is 151 Å². The molecule has 0 radical (unpaired) electrons. The van der Waals surface area contributed by atoms with Gasteiger partial charge in [-0.15, -0.1) is 0 Å². The van der Waals surface area contributed by atoms with Crippen molar-refractivity contribution in [3.8, 4) is 11.5 Å². The summed E-state index contributed by atoms with van der Waals surface area (Å²) in [4.78, 5) is 28.2. The molecule has 1 aliphatic rings. The van der Waals surface area contributed by atoms with Crippen molar-refractivity contribution in [3.63, 3.8) is 0 Å². The Morgan fingerprint density at radius 2 is 2.00 bits per heavy atom. The number of ether oxygens (including phenoxy) is 1. The maximum Gasteiger partial charge on any atom is 0.340 e. The monoisotopic (exact) mass is 360 g/mol. The van der Waals surface area contributed by atoms with Crippen LogP contribution in [0, 0.1) is 20.8 Å². The molecule has 140 valence electrons. The number of hydrogen-bond acceptors (Lipinski definition) is 5. The van der Waals surface area contributed by atoms with Gasteiger partial charge in [0.25, 0.3) is 5.91 Å². The lowest BCUT2D eigenvalue weighted by Gasteiger charge is -2.38. The molecule has 1 unspecified atom stereocenters. The topological polar surface area (TPSA) is 111 Å². The summed E-state index contributed by atoms with van der Waals surface area (Å²) < 4.78 is 6.19. The molecule has 0 saturated carbocycles. The fourth-order valence-electron chi connectivity index (χ4n) is 3.48. The first-order valence-corrected chi connectivity index (χ1v) is 8.54. The van der Waals surface area contributed by atoms with Crippen LogP contribution in [0.5, 0.6) is 11.5 Å². The van der Waals surface area contributed by atoms with E-state index in [-0.39, 0.29) is 12.5 Å². The van der Waals surface area contributed by atoms with Gasteiger partial charge in [0.05, 0.1) is 6.54 Å². The van der Waals surface area contributed by atoms with Gasteiger partial charge in [-0.3, -0.25) is 9.78 Å². The van der Waals surface area contributed by atoms with E-state index in [0.717, 1.165) is 22.3 Å². The third-order valence-corrected chi connectivity index (χ3v) is 5.26. The van der Waals surface area contributed by atoms with Crippen LogP contribution in [0.1, 0.15) is 41.4 Å². The molecule has 0 spiro atoms. The number of benzene rings is 1. The molecule has 8 nitrogen and oxygen atoms in total. The van der Waals surface area contributed by atoms with Crippen LogP contribution in [-0.2, 0) is 17.8 Å². The zero-order chi connectivity index (χ0) is 19.2. The molecule has 1 atom stereocenters. The third kappa shape index (κ3) is 2.85. The Balaban J connectivity index is 1.88. The van der Waals surface area contributed by atoms with Crippen LogP contribution >= 0.6 is 0 Å². The summed E-state index contributed by atoms with van der Waals surface area (Å²) in [5, 5.41) is 16.4. The normalized spacial score (nSPS) is 19.0. The van der Waals surface area contributed by atoms with Crippen molar-refractivity contribution in [2.45, 2.75) is 52.7 Å². The van der Waals surface area contributed by atoms with Gasteiger partial charge in [-0.05, 0) is 50.8 Å². The van der Waals surface area contributed by atoms with E-state index in [1.54, 1.807) is 14.0 Å². The van der Waals surface area contributed by atoms with Crippen molar-refractivity contribution >= 4 is 5.91 Å². The fraction of sp³-hybridized carbons (Fsp3) is 0.500. The van der Waals surface area contributed by atoms with Gasteiger partial charge in [-0.25, -0.2) is 9.89 Å². The average Bonchev–Trinajstić information content (AvgIpc) is 3.02. The number of rotatable bonds is 3. The Morgan fingerprint density at radius 3 is 2.62 bits per heavy atom. The first-order chi connectivity index (χ1) is 12.1. The van der Waals surface area contributed by atoms with E-state index in [4.69, 9.17) is 4.74 Å². The first kappa shape index (κ1) is 18.0. The number of aromatic nitrogens is 3. The van der Waals surface area contributed by atoms with Crippen LogP contribution in [0.25, 0.3) is 0 Å². The highest BCUT2D eigenvalue weighted by Crippen LogP contribution is 2.43. The average molecular weight is 360 g/mol. The highest BCUT2D eigenvalue weighted by molar-refractivity contribution is 5.85. The largest absolute Gasteiger partial charge is 0.507 e. The highest BCUT2D eigenvalue weighted by Gasteiger charge is 2.42. The van der Waals surface area contributed by atoms with Crippen LogP contribution in [-0.4, -0.2) is 43.7 Å². The number of nitrogens with one attached hydrogen (secondary N) is 2. The van der Waals surface area contributed by atoms with Gasteiger partial charge in [0.15, 0.2) is 11.4 Å². The van der Waals surface area contributed by atoms with Crippen LogP contribution < -0.4 is 10.4 Å². The van der Waals surface area contributed by atoms with Gasteiger partial charge < -0.3 is 14.7 Å². The number of aromatic hydroxyl groups is 1. The van der Waals surface area contributed by atoms with E-state index >= 15 is 0 Å². The summed E-state index contributed by atoms with van der Waals surface area (Å²) in [6.45, 7) is 7.56. The van der Waals surface area contributed by atoms with E-state index in [9.17, 15) is 14.7 Å².